The average molecular weight is 444 g/mol. The van der Waals surface area contributed by atoms with Crippen molar-refractivity contribution in [2.24, 2.45) is 0 Å². The normalized spacial score (nSPS) is 13.6. The molecule has 2 amide bonds. The Balaban J connectivity index is 1.61. The number of halogens is 1. The van der Waals surface area contributed by atoms with Gasteiger partial charge in [0.05, 0.1) is 0 Å². The van der Waals surface area contributed by atoms with Gasteiger partial charge in [0.25, 0.3) is 10.0 Å². The lowest BCUT2D eigenvalue weighted by atomic mass is 10.0. The second-order valence-corrected chi connectivity index (χ2v) is 9.25. The van der Waals surface area contributed by atoms with E-state index in [2.05, 4.69) is 10.0 Å². The minimum atomic E-state index is -4.19. The highest BCUT2D eigenvalue weighted by atomic mass is 32.2. The molecular formula is C21H21FN4O4S. The highest BCUT2D eigenvalue weighted by Crippen LogP contribution is 2.30. The van der Waals surface area contributed by atoms with Crippen LogP contribution in [0.15, 0.2) is 47.5 Å². The van der Waals surface area contributed by atoms with Crippen molar-refractivity contribution < 1.29 is 22.4 Å². The monoisotopic (exact) mass is 444 g/mol. The Hall–Kier alpha value is -3.40. The molecule has 0 saturated heterocycles. The van der Waals surface area contributed by atoms with Gasteiger partial charge in [-0.3, -0.25) is 14.3 Å². The van der Waals surface area contributed by atoms with Gasteiger partial charge in [0.1, 0.15) is 17.3 Å². The fourth-order valence-electron chi connectivity index (χ4n) is 3.48. The minimum absolute atomic E-state index is 0.0682. The molecule has 0 fully saturated rings. The second-order valence-electron chi connectivity index (χ2n) is 7.60. The maximum absolute atomic E-state index is 14.5. The summed E-state index contributed by atoms with van der Waals surface area (Å²) in [7, 11) is -0.838. The van der Waals surface area contributed by atoms with Gasteiger partial charge in [0.15, 0.2) is 0 Å². The van der Waals surface area contributed by atoms with Crippen LogP contribution in [0.2, 0.25) is 0 Å². The number of nitrogens with zero attached hydrogens (tertiary/aromatic N) is 2. The number of benzene rings is 2. The van der Waals surface area contributed by atoms with Crippen molar-refractivity contribution in [3.8, 4) is 0 Å². The molecule has 0 bridgehead atoms. The van der Waals surface area contributed by atoms with Crippen LogP contribution in [0.4, 0.5) is 15.8 Å². The Kier molecular flexibility index (Phi) is 5.18. The molecule has 0 radical (unpaired) electrons. The first-order valence-corrected chi connectivity index (χ1v) is 11.1. The van der Waals surface area contributed by atoms with E-state index >= 15 is 0 Å². The SMILES string of the molecule is CN(C)C(=O)Cn1ccc2cc(NS(=O)(=O)c3cc4c(cc3F)NC(=O)CC4)ccc21. The third-order valence-electron chi connectivity index (χ3n) is 5.17. The molecule has 1 aromatic heterocycles. The molecule has 0 atom stereocenters. The number of carbonyl (C=O) groups is 2. The van der Waals surface area contributed by atoms with Crippen LogP contribution in [-0.4, -0.2) is 43.8 Å². The van der Waals surface area contributed by atoms with Crippen LogP contribution < -0.4 is 10.0 Å². The molecule has 0 spiro atoms. The Morgan fingerprint density at radius 3 is 2.71 bits per heavy atom. The molecule has 1 aliphatic heterocycles. The number of aryl methyl sites for hydroxylation is 1. The van der Waals surface area contributed by atoms with Crippen LogP contribution in [0.25, 0.3) is 10.9 Å². The van der Waals surface area contributed by atoms with Crippen molar-refractivity contribution in [1.29, 1.82) is 0 Å². The zero-order valence-corrected chi connectivity index (χ0v) is 17.8. The Morgan fingerprint density at radius 1 is 1.19 bits per heavy atom. The van der Waals surface area contributed by atoms with Gasteiger partial charge in [-0.25, -0.2) is 12.8 Å². The molecule has 0 saturated carbocycles. The Labute approximate surface area is 178 Å². The van der Waals surface area contributed by atoms with E-state index < -0.39 is 20.7 Å². The van der Waals surface area contributed by atoms with Gasteiger partial charge >= 0.3 is 0 Å². The Bertz CT molecular complexity index is 1310. The van der Waals surface area contributed by atoms with E-state index in [1.807, 2.05) is 0 Å². The third kappa shape index (κ3) is 4.11. The Morgan fingerprint density at radius 2 is 1.97 bits per heavy atom. The van der Waals surface area contributed by atoms with Gasteiger partial charge in [0.2, 0.25) is 11.8 Å². The van der Waals surface area contributed by atoms with Crippen molar-refractivity contribution in [3.05, 3.63) is 54.0 Å². The number of anilines is 2. The quantitative estimate of drug-likeness (QED) is 0.632. The second kappa shape index (κ2) is 7.69. The van der Waals surface area contributed by atoms with Gasteiger partial charge in [-0.05, 0) is 48.4 Å². The lowest BCUT2D eigenvalue weighted by Crippen LogP contribution is -2.25. The number of sulfonamides is 1. The summed E-state index contributed by atoms with van der Waals surface area (Å²) in [5.74, 6) is -1.24. The molecular weight excluding hydrogens is 423 g/mol. The number of aromatic nitrogens is 1. The first-order valence-electron chi connectivity index (χ1n) is 9.58. The lowest BCUT2D eigenvalue weighted by molar-refractivity contribution is -0.129. The maximum Gasteiger partial charge on any atom is 0.264 e. The summed E-state index contributed by atoms with van der Waals surface area (Å²) in [6.45, 7) is 0.165. The van der Waals surface area contributed by atoms with Gasteiger partial charge in [-0.1, -0.05) is 0 Å². The van der Waals surface area contributed by atoms with Crippen molar-refractivity contribution in [1.82, 2.24) is 9.47 Å². The molecule has 0 unspecified atom stereocenters. The van der Waals surface area contributed by atoms with E-state index in [1.165, 1.54) is 11.0 Å². The number of fused-ring (bicyclic) bond motifs is 2. The molecule has 162 valence electrons. The number of rotatable bonds is 5. The average Bonchev–Trinajstić information content (AvgIpc) is 3.08. The van der Waals surface area contributed by atoms with E-state index in [1.54, 1.807) is 49.1 Å². The van der Waals surface area contributed by atoms with E-state index in [0.29, 0.717) is 17.7 Å². The fourth-order valence-corrected chi connectivity index (χ4v) is 4.64. The molecule has 1 aliphatic rings. The summed E-state index contributed by atoms with van der Waals surface area (Å²) in [6.07, 6.45) is 2.31. The summed E-state index contributed by atoms with van der Waals surface area (Å²) in [5.41, 5.74) is 1.91. The van der Waals surface area contributed by atoms with Crippen LogP contribution in [0.1, 0.15) is 12.0 Å². The topological polar surface area (TPSA) is 101 Å². The van der Waals surface area contributed by atoms with E-state index in [4.69, 9.17) is 0 Å². The number of hydrogen-bond acceptors (Lipinski definition) is 4. The molecule has 4 rings (SSSR count). The standard InChI is InChI=1S/C21H21FN4O4S/c1-25(2)21(28)12-26-8-7-14-9-15(4-5-18(14)26)24-31(29,30)19-10-13-3-6-20(27)23-17(13)11-16(19)22/h4-5,7-11,24H,3,6,12H2,1-2H3,(H,23,27). The van der Waals surface area contributed by atoms with Gasteiger partial charge in [-0.15, -0.1) is 0 Å². The van der Waals surface area contributed by atoms with Crippen molar-refractivity contribution in [2.45, 2.75) is 24.3 Å². The molecule has 8 nitrogen and oxygen atoms in total. The molecule has 2 aromatic carbocycles. The first-order chi connectivity index (χ1) is 14.6. The first kappa shape index (κ1) is 20.9. The summed E-state index contributed by atoms with van der Waals surface area (Å²) >= 11 is 0. The number of likely N-dealkylation sites (N-methyl/N-ethyl adjacent to an activating group) is 1. The van der Waals surface area contributed by atoms with Crippen molar-refractivity contribution in [2.75, 3.05) is 24.1 Å². The fraction of sp³-hybridized carbons (Fsp3) is 0.238. The van der Waals surface area contributed by atoms with Crippen LogP contribution in [0.5, 0.6) is 0 Å². The van der Waals surface area contributed by atoms with Crippen LogP contribution in [-0.2, 0) is 32.6 Å². The zero-order valence-electron chi connectivity index (χ0n) is 17.0. The predicted octanol–water partition coefficient (Wildman–Crippen LogP) is 2.55. The van der Waals surface area contributed by atoms with E-state index in [-0.39, 0.29) is 30.5 Å². The summed E-state index contributed by atoms with van der Waals surface area (Å²) in [4.78, 5) is 24.5. The van der Waals surface area contributed by atoms with Gasteiger partial charge in [0, 0.05) is 49.0 Å². The number of carbonyl (C=O) groups excluding carboxylic acids is 2. The van der Waals surface area contributed by atoms with Crippen molar-refractivity contribution >= 4 is 44.1 Å². The predicted molar refractivity (Wildman–Crippen MR) is 115 cm³/mol. The summed E-state index contributed by atoms with van der Waals surface area (Å²) in [5, 5.41) is 3.28. The summed E-state index contributed by atoms with van der Waals surface area (Å²) in [6, 6.07) is 8.96. The zero-order chi connectivity index (χ0) is 22.3. The molecule has 31 heavy (non-hydrogen) atoms. The molecule has 10 heteroatoms. The highest BCUT2D eigenvalue weighted by molar-refractivity contribution is 7.92. The molecule has 2 heterocycles. The van der Waals surface area contributed by atoms with Crippen LogP contribution >= 0.6 is 0 Å². The van der Waals surface area contributed by atoms with Crippen LogP contribution in [0, 0.1) is 5.82 Å². The van der Waals surface area contributed by atoms with Crippen LogP contribution in [0.3, 0.4) is 0 Å². The number of hydrogen-bond donors (Lipinski definition) is 2. The molecule has 0 aliphatic carbocycles. The summed E-state index contributed by atoms with van der Waals surface area (Å²) < 4.78 is 44.4. The highest BCUT2D eigenvalue weighted by Gasteiger charge is 2.24. The largest absolute Gasteiger partial charge is 0.347 e. The van der Waals surface area contributed by atoms with E-state index in [0.717, 1.165) is 17.0 Å². The lowest BCUT2D eigenvalue weighted by Gasteiger charge is -2.18. The molecule has 3 aromatic rings. The van der Waals surface area contributed by atoms with Crippen molar-refractivity contribution in [3.63, 3.8) is 0 Å². The maximum atomic E-state index is 14.5. The number of amides is 2. The number of nitrogens with one attached hydrogen (secondary N) is 2. The third-order valence-corrected chi connectivity index (χ3v) is 6.57. The van der Waals surface area contributed by atoms with Gasteiger partial charge < -0.3 is 14.8 Å². The van der Waals surface area contributed by atoms with E-state index in [9.17, 15) is 22.4 Å². The minimum Gasteiger partial charge on any atom is -0.347 e. The smallest absolute Gasteiger partial charge is 0.264 e. The molecule has 2 N–H and O–H groups in total. The van der Waals surface area contributed by atoms with Gasteiger partial charge in [-0.2, -0.15) is 0 Å².